The van der Waals surface area contributed by atoms with Gasteiger partial charge in [-0.3, -0.25) is 0 Å². The van der Waals surface area contributed by atoms with Crippen LogP contribution in [0.2, 0.25) is 0 Å². The number of para-hydroxylation sites is 1. The molecule has 0 unspecified atom stereocenters. The summed E-state index contributed by atoms with van der Waals surface area (Å²) >= 11 is 0. The highest BCUT2D eigenvalue weighted by molar-refractivity contribution is 5.80. The van der Waals surface area contributed by atoms with Crippen molar-refractivity contribution in [1.82, 2.24) is 4.98 Å². The van der Waals surface area contributed by atoms with E-state index >= 15 is 0 Å². The molecular weight excluding hydrogens is 365 g/mol. The Kier molecular flexibility index (Phi) is 4.91. The van der Waals surface area contributed by atoms with Crippen molar-refractivity contribution in [3.05, 3.63) is 96.3 Å². The van der Waals surface area contributed by atoms with E-state index in [0.717, 1.165) is 5.56 Å². The molecule has 29 heavy (non-hydrogen) atoms. The summed E-state index contributed by atoms with van der Waals surface area (Å²) in [6, 6.07) is 26.7. The minimum Gasteiger partial charge on any atom is -0.457 e. The number of rotatable bonds is 4. The lowest BCUT2D eigenvalue weighted by Gasteiger charge is -2.12. The summed E-state index contributed by atoms with van der Waals surface area (Å²) in [6.45, 7) is 0. The molecule has 4 rings (SSSR count). The van der Waals surface area contributed by atoms with Crippen LogP contribution >= 0.6 is 0 Å². The van der Waals surface area contributed by atoms with Crippen molar-refractivity contribution in [1.29, 1.82) is 5.26 Å². The number of pyridine rings is 1. The molecule has 5 heteroatoms. The summed E-state index contributed by atoms with van der Waals surface area (Å²) in [5.74, 6) is 1.14. The number of hydrogen-bond donors (Lipinski definition) is 1. The third-order valence-corrected chi connectivity index (χ3v) is 4.42. The van der Waals surface area contributed by atoms with E-state index in [4.69, 9.17) is 10.5 Å². The van der Waals surface area contributed by atoms with Gasteiger partial charge >= 0.3 is 0 Å². The van der Waals surface area contributed by atoms with Gasteiger partial charge in [-0.15, -0.1) is 0 Å². The molecule has 0 amide bonds. The number of hydrogen-bond acceptors (Lipinski definition) is 4. The Bertz CT molecular complexity index is 1200. The van der Waals surface area contributed by atoms with Gasteiger partial charge in [-0.25, -0.2) is 9.37 Å². The van der Waals surface area contributed by atoms with E-state index < -0.39 is 0 Å². The second kappa shape index (κ2) is 7.83. The molecule has 1 heterocycles. The molecule has 3 aromatic carbocycles. The van der Waals surface area contributed by atoms with Gasteiger partial charge in [-0.1, -0.05) is 30.3 Å². The van der Waals surface area contributed by atoms with Gasteiger partial charge < -0.3 is 10.5 Å². The van der Waals surface area contributed by atoms with Gasteiger partial charge in [0.05, 0.1) is 5.69 Å². The molecule has 0 bridgehead atoms. The fourth-order valence-electron chi connectivity index (χ4n) is 3.03. The summed E-state index contributed by atoms with van der Waals surface area (Å²) in [5.41, 5.74) is 9.02. The van der Waals surface area contributed by atoms with Crippen molar-refractivity contribution in [2.75, 3.05) is 5.73 Å². The number of aromatic nitrogens is 1. The van der Waals surface area contributed by atoms with E-state index in [2.05, 4.69) is 11.1 Å². The van der Waals surface area contributed by atoms with E-state index in [9.17, 15) is 9.65 Å². The SMILES string of the molecule is N#Cc1c(-c2cccc(Oc3ccccc3)c2)cc(-c2ccc(F)cc2)nc1N. The van der Waals surface area contributed by atoms with Gasteiger partial charge in [0.2, 0.25) is 0 Å². The predicted octanol–water partition coefficient (Wildman–Crippen LogP) is 5.80. The van der Waals surface area contributed by atoms with Crippen LogP contribution in [-0.2, 0) is 0 Å². The Labute approximate surface area is 167 Å². The van der Waals surface area contributed by atoms with Crippen LogP contribution in [0.25, 0.3) is 22.4 Å². The summed E-state index contributed by atoms with van der Waals surface area (Å²) in [7, 11) is 0. The first-order valence-electron chi connectivity index (χ1n) is 8.94. The number of halogens is 1. The zero-order valence-corrected chi connectivity index (χ0v) is 15.3. The van der Waals surface area contributed by atoms with Crippen molar-refractivity contribution < 1.29 is 9.13 Å². The van der Waals surface area contributed by atoms with Gasteiger partial charge in [-0.2, -0.15) is 5.26 Å². The summed E-state index contributed by atoms with van der Waals surface area (Å²) in [5, 5.41) is 9.61. The maximum Gasteiger partial charge on any atom is 0.142 e. The summed E-state index contributed by atoms with van der Waals surface area (Å²) < 4.78 is 19.2. The van der Waals surface area contributed by atoms with Crippen LogP contribution < -0.4 is 10.5 Å². The minimum absolute atomic E-state index is 0.124. The lowest BCUT2D eigenvalue weighted by molar-refractivity contribution is 0.483. The smallest absolute Gasteiger partial charge is 0.142 e. The fourth-order valence-corrected chi connectivity index (χ4v) is 3.03. The van der Waals surface area contributed by atoms with Crippen LogP contribution in [0, 0.1) is 17.1 Å². The van der Waals surface area contributed by atoms with Gasteiger partial charge in [0.25, 0.3) is 0 Å². The first-order valence-corrected chi connectivity index (χ1v) is 8.94. The molecule has 0 spiro atoms. The highest BCUT2D eigenvalue weighted by Crippen LogP contribution is 2.33. The number of nitrogens with two attached hydrogens (primary N) is 1. The molecule has 2 N–H and O–H groups in total. The van der Waals surface area contributed by atoms with Crippen LogP contribution in [0.3, 0.4) is 0 Å². The molecule has 0 aliphatic heterocycles. The molecule has 0 saturated carbocycles. The Morgan fingerprint density at radius 3 is 2.28 bits per heavy atom. The maximum atomic E-state index is 13.3. The summed E-state index contributed by atoms with van der Waals surface area (Å²) in [6.07, 6.45) is 0. The van der Waals surface area contributed by atoms with Crippen molar-refractivity contribution in [3.8, 4) is 40.0 Å². The van der Waals surface area contributed by atoms with Gasteiger partial charge in [0.15, 0.2) is 0 Å². The van der Waals surface area contributed by atoms with E-state index in [1.54, 1.807) is 18.2 Å². The monoisotopic (exact) mass is 381 g/mol. The van der Waals surface area contributed by atoms with Crippen LogP contribution in [0.5, 0.6) is 11.5 Å². The fraction of sp³-hybridized carbons (Fsp3) is 0. The number of benzene rings is 3. The molecule has 0 radical (unpaired) electrons. The standard InChI is InChI=1S/C24H16FN3O/c25-18-11-9-16(10-12-18)23-14-21(22(15-26)24(27)28-23)17-5-4-8-20(13-17)29-19-6-2-1-3-7-19/h1-14H,(H2,27,28). The van der Waals surface area contributed by atoms with Gasteiger partial charge in [0, 0.05) is 11.1 Å². The number of anilines is 1. The van der Waals surface area contributed by atoms with E-state index in [-0.39, 0.29) is 17.2 Å². The van der Waals surface area contributed by atoms with Crippen molar-refractivity contribution in [2.24, 2.45) is 0 Å². The first kappa shape index (κ1) is 18.2. The molecule has 1 aromatic heterocycles. The number of nitriles is 1. The van der Waals surface area contributed by atoms with Gasteiger partial charge in [0.1, 0.15) is 34.8 Å². The van der Waals surface area contributed by atoms with Gasteiger partial charge in [-0.05, 0) is 60.2 Å². The Hall–Kier alpha value is -4.17. The van der Waals surface area contributed by atoms with Crippen LogP contribution in [0.4, 0.5) is 10.2 Å². The predicted molar refractivity (Wildman–Crippen MR) is 111 cm³/mol. The molecule has 4 aromatic rings. The molecule has 140 valence electrons. The zero-order valence-electron chi connectivity index (χ0n) is 15.3. The molecule has 4 nitrogen and oxygen atoms in total. The van der Waals surface area contributed by atoms with Crippen LogP contribution in [0.15, 0.2) is 84.9 Å². The molecule has 0 fully saturated rings. The Morgan fingerprint density at radius 2 is 1.55 bits per heavy atom. The zero-order chi connectivity index (χ0) is 20.2. The van der Waals surface area contributed by atoms with E-state index in [1.165, 1.54) is 12.1 Å². The molecule has 0 atom stereocenters. The highest BCUT2D eigenvalue weighted by atomic mass is 19.1. The quantitative estimate of drug-likeness (QED) is 0.485. The minimum atomic E-state index is -0.332. The molecule has 0 aliphatic carbocycles. The Morgan fingerprint density at radius 1 is 0.828 bits per heavy atom. The maximum absolute atomic E-state index is 13.3. The van der Waals surface area contributed by atoms with E-state index in [1.807, 2.05) is 54.6 Å². The normalized spacial score (nSPS) is 10.3. The Balaban J connectivity index is 1.78. The highest BCUT2D eigenvalue weighted by Gasteiger charge is 2.14. The average molecular weight is 381 g/mol. The van der Waals surface area contributed by atoms with E-state index in [0.29, 0.717) is 28.3 Å². The first-order chi connectivity index (χ1) is 14.1. The van der Waals surface area contributed by atoms with Crippen molar-refractivity contribution >= 4 is 5.82 Å². The average Bonchev–Trinajstić information content (AvgIpc) is 2.74. The number of nitrogens with zero attached hydrogens (tertiary/aromatic N) is 2. The lowest BCUT2D eigenvalue weighted by Crippen LogP contribution is -2.00. The van der Waals surface area contributed by atoms with Crippen molar-refractivity contribution in [2.45, 2.75) is 0 Å². The molecular formula is C24H16FN3O. The number of nitrogen functional groups attached to an aromatic ring is 1. The molecule has 0 aliphatic rings. The van der Waals surface area contributed by atoms with Crippen LogP contribution in [0.1, 0.15) is 5.56 Å². The second-order valence-corrected chi connectivity index (χ2v) is 6.38. The van der Waals surface area contributed by atoms with Crippen LogP contribution in [-0.4, -0.2) is 4.98 Å². The third-order valence-electron chi connectivity index (χ3n) is 4.42. The summed E-state index contributed by atoms with van der Waals surface area (Å²) in [4.78, 5) is 4.32. The largest absolute Gasteiger partial charge is 0.457 e. The topological polar surface area (TPSA) is 71.9 Å². The van der Waals surface area contributed by atoms with Crippen molar-refractivity contribution in [3.63, 3.8) is 0 Å². The second-order valence-electron chi connectivity index (χ2n) is 6.38. The number of ether oxygens (including phenoxy) is 1. The molecule has 0 saturated heterocycles. The third kappa shape index (κ3) is 3.92. The lowest BCUT2D eigenvalue weighted by atomic mass is 9.98.